The minimum atomic E-state index is 0.137. The Bertz CT molecular complexity index is 611. The maximum Gasteiger partial charge on any atom is 0.178 e. The molecule has 22 heavy (non-hydrogen) atoms. The van der Waals surface area contributed by atoms with Crippen molar-refractivity contribution >= 4 is 5.78 Å². The fraction of sp³-hybridized carbons (Fsp3) is 0.750. The summed E-state index contributed by atoms with van der Waals surface area (Å²) in [5.41, 5.74) is 2.20. The second kappa shape index (κ2) is 3.95. The molecular weight excluding hydrogens is 272 g/mol. The van der Waals surface area contributed by atoms with Crippen molar-refractivity contribution in [3.8, 4) is 0 Å². The Morgan fingerprint density at radius 2 is 1.91 bits per heavy atom. The number of ether oxygens (including phenoxy) is 1. The van der Waals surface area contributed by atoms with E-state index in [2.05, 4.69) is 19.9 Å². The van der Waals surface area contributed by atoms with E-state index in [0.717, 1.165) is 30.8 Å². The van der Waals surface area contributed by atoms with Gasteiger partial charge >= 0.3 is 0 Å². The lowest BCUT2D eigenvalue weighted by Crippen LogP contribution is -2.51. The molecule has 0 unspecified atom stereocenters. The van der Waals surface area contributed by atoms with Gasteiger partial charge in [-0.3, -0.25) is 4.79 Å². The highest BCUT2D eigenvalue weighted by Gasteiger charge is 2.69. The molecule has 118 valence electrons. The Kier molecular flexibility index (Phi) is 2.43. The van der Waals surface area contributed by atoms with Gasteiger partial charge < -0.3 is 4.74 Å². The molecule has 1 spiro atoms. The molecule has 5 rings (SSSR count). The lowest BCUT2D eigenvalue weighted by Gasteiger charge is -2.56. The number of carbonyl (C=O) groups excluding carboxylic acids is 1. The Morgan fingerprint density at radius 3 is 2.68 bits per heavy atom. The topological polar surface area (TPSA) is 29.6 Å². The maximum atomic E-state index is 11.8. The SMILES string of the molecule is C[C@]12C=CC(=O)C=C1CC[C@@H]1[C@@H]2CC[C@@]2(C)[C@H]1CC[C@@]21CO1. The second-order valence-corrected chi connectivity index (χ2v) is 8.88. The Labute approximate surface area is 133 Å². The van der Waals surface area contributed by atoms with Crippen LogP contribution in [0.25, 0.3) is 0 Å². The van der Waals surface area contributed by atoms with Gasteiger partial charge in [0.25, 0.3) is 0 Å². The van der Waals surface area contributed by atoms with E-state index in [1.807, 2.05) is 12.2 Å². The van der Waals surface area contributed by atoms with Gasteiger partial charge in [-0.15, -0.1) is 0 Å². The smallest absolute Gasteiger partial charge is 0.178 e. The molecule has 0 aromatic heterocycles. The number of hydrogen-bond acceptors (Lipinski definition) is 2. The van der Waals surface area contributed by atoms with E-state index in [1.54, 1.807) is 0 Å². The van der Waals surface area contributed by atoms with Gasteiger partial charge in [0.1, 0.15) is 0 Å². The van der Waals surface area contributed by atoms with Crippen LogP contribution in [0, 0.1) is 28.6 Å². The minimum absolute atomic E-state index is 0.137. The first-order valence-corrected chi connectivity index (χ1v) is 9.07. The van der Waals surface area contributed by atoms with E-state index < -0.39 is 0 Å². The summed E-state index contributed by atoms with van der Waals surface area (Å²) in [4.78, 5) is 11.8. The number of allylic oxidation sites excluding steroid dienone is 4. The van der Waals surface area contributed by atoms with Gasteiger partial charge in [-0.2, -0.15) is 0 Å². The van der Waals surface area contributed by atoms with Crippen LogP contribution in [0.15, 0.2) is 23.8 Å². The van der Waals surface area contributed by atoms with E-state index in [1.165, 1.54) is 37.7 Å². The number of hydrogen-bond donors (Lipinski definition) is 0. The van der Waals surface area contributed by atoms with Crippen LogP contribution in [-0.2, 0) is 9.53 Å². The molecule has 2 heteroatoms. The summed E-state index contributed by atoms with van der Waals surface area (Å²) in [6.07, 6.45) is 13.6. The highest BCUT2D eigenvalue weighted by molar-refractivity contribution is 6.01. The van der Waals surface area contributed by atoms with Gasteiger partial charge in [0, 0.05) is 10.8 Å². The summed E-state index contributed by atoms with van der Waals surface area (Å²) in [6.45, 7) is 5.91. The van der Waals surface area contributed by atoms with Crippen molar-refractivity contribution in [3.05, 3.63) is 23.8 Å². The van der Waals surface area contributed by atoms with Crippen LogP contribution in [0.2, 0.25) is 0 Å². The zero-order chi connectivity index (χ0) is 15.2. The molecule has 0 aromatic carbocycles. The van der Waals surface area contributed by atoms with E-state index in [9.17, 15) is 4.79 Å². The van der Waals surface area contributed by atoms with Crippen LogP contribution in [-0.4, -0.2) is 18.0 Å². The first-order chi connectivity index (χ1) is 10.5. The maximum absolute atomic E-state index is 11.8. The fourth-order valence-electron chi connectivity index (χ4n) is 6.85. The molecule has 2 nitrogen and oxygen atoms in total. The highest BCUT2D eigenvalue weighted by Crippen LogP contribution is 2.70. The lowest BCUT2D eigenvalue weighted by atomic mass is 9.48. The van der Waals surface area contributed by atoms with Gasteiger partial charge in [0.05, 0.1) is 12.2 Å². The van der Waals surface area contributed by atoms with Crippen molar-refractivity contribution in [1.29, 1.82) is 0 Å². The van der Waals surface area contributed by atoms with Crippen LogP contribution in [0.3, 0.4) is 0 Å². The highest BCUT2D eigenvalue weighted by atomic mass is 16.6. The van der Waals surface area contributed by atoms with E-state index in [0.29, 0.717) is 5.41 Å². The number of fused-ring (bicyclic) bond motifs is 6. The number of epoxide rings is 1. The van der Waals surface area contributed by atoms with Crippen LogP contribution >= 0.6 is 0 Å². The summed E-state index contributed by atoms with van der Waals surface area (Å²) < 4.78 is 5.98. The normalized spacial score (nSPS) is 55.5. The molecule has 1 aliphatic heterocycles. The Hall–Kier alpha value is -0.890. The summed E-state index contributed by atoms with van der Waals surface area (Å²) >= 11 is 0. The van der Waals surface area contributed by atoms with Gasteiger partial charge in [0.2, 0.25) is 0 Å². The van der Waals surface area contributed by atoms with Crippen molar-refractivity contribution in [1.82, 2.24) is 0 Å². The van der Waals surface area contributed by atoms with Crippen molar-refractivity contribution in [2.24, 2.45) is 28.6 Å². The molecule has 3 saturated carbocycles. The molecule has 0 radical (unpaired) electrons. The van der Waals surface area contributed by atoms with Crippen molar-refractivity contribution < 1.29 is 9.53 Å². The molecule has 4 aliphatic carbocycles. The first kappa shape index (κ1) is 13.5. The Morgan fingerprint density at radius 1 is 1.14 bits per heavy atom. The van der Waals surface area contributed by atoms with Crippen molar-refractivity contribution in [2.75, 3.05) is 6.61 Å². The molecule has 6 atom stereocenters. The molecule has 4 fully saturated rings. The molecule has 0 amide bonds. The van der Waals surface area contributed by atoms with Crippen molar-refractivity contribution in [2.45, 2.75) is 58.0 Å². The zero-order valence-electron chi connectivity index (χ0n) is 13.7. The zero-order valence-corrected chi connectivity index (χ0v) is 13.7. The fourth-order valence-corrected chi connectivity index (χ4v) is 6.85. The van der Waals surface area contributed by atoms with E-state index in [-0.39, 0.29) is 16.8 Å². The summed E-state index contributed by atoms with van der Waals surface area (Å²) in [7, 11) is 0. The number of rotatable bonds is 0. The average Bonchev–Trinajstić information content (AvgIpc) is 3.22. The van der Waals surface area contributed by atoms with Gasteiger partial charge in [-0.25, -0.2) is 0 Å². The van der Waals surface area contributed by atoms with Crippen LogP contribution in [0.5, 0.6) is 0 Å². The van der Waals surface area contributed by atoms with E-state index in [4.69, 9.17) is 4.74 Å². The molecule has 1 heterocycles. The van der Waals surface area contributed by atoms with Crippen LogP contribution < -0.4 is 0 Å². The first-order valence-electron chi connectivity index (χ1n) is 9.07. The minimum Gasteiger partial charge on any atom is -0.369 e. The predicted octanol–water partition coefficient (Wildman–Crippen LogP) is 4.06. The monoisotopic (exact) mass is 298 g/mol. The van der Waals surface area contributed by atoms with Gasteiger partial charge in [-0.1, -0.05) is 25.5 Å². The quantitative estimate of drug-likeness (QED) is 0.631. The molecular formula is C20H26O2. The van der Waals surface area contributed by atoms with Gasteiger partial charge in [-0.05, 0) is 68.4 Å². The lowest BCUT2D eigenvalue weighted by molar-refractivity contribution is -0.111. The average molecular weight is 298 g/mol. The largest absolute Gasteiger partial charge is 0.369 e. The summed E-state index contributed by atoms with van der Waals surface area (Å²) in [6, 6.07) is 0. The number of carbonyl (C=O) groups is 1. The number of ketones is 1. The summed E-state index contributed by atoms with van der Waals surface area (Å²) in [5.74, 6) is 2.57. The third-order valence-corrected chi connectivity index (χ3v) is 8.34. The molecule has 0 aromatic rings. The van der Waals surface area contributed by atoms with E-state index >= 15 is 0 Å². The molecule has 0 bridgehead atoms. The predicted molar refractivity (Wildman–Crippen MR) is 85.3 cm³/mol. The van der Waals surface area contributed by atoms with Crippen molar-refractivity contribution in [3.63, 3.8) is 0 Å². The third-order valence-electron chi connectivity index (χ3n) is 8.34. The standard InChI is InChI=1S/C20H26O2/c1-18-8-5-14(21)11-13(18)3-4-15-16(18)6-9-19(2)17(15)7-10-20(19)12-22-20/h5,8,11,15-17H,3-4,6-7,9-10,12H2,1-2H3/t15-,16+,17+,18+,19+,20-/m1/s1. The molecule has 0 N–H and O–H groups in total. The van der Waals surface area contributed by atoms with Crippen LogP contribution in [0.1, 0.15) is 52.4 Å². The molecule has 1 saturated heterocycles. The summed E-state index contributed by atoms with van der Waals surface area (Å²) in [5, 5.41) is 0. The third kappa shape index (κ3) is 1.43. The Balaban J connectivity index is 1.53. The molecule has 5 aliphatic rings. The second-order valence-electron chi connectivity index (χ2n) is 8.88. The van der Waals surface area contributed by atoms with Crippen LogP contribution in [0.4, 0.5) is 0 Å². The van der Waals surface area contributed by atoms with Gasteiger partial charge in [0.15, 0.2) is 5.78 Å².